The van der Waals surface area contributed by atoms with Crippen LogP contribution in [0.25, 0.3) is 0 Å². The lowest BCUT2D eigenvalue weighted by Crippen LogP contribution is -2.25. The Morgan fingerprint density at radius 3 is 2.67 bits per heavy atom. The summed E-state index contributed by atoms with van der Waals surface area (Å²) < 4.78 is 0. The van der Waals surface area contributed by atoms with E-state index in [1.54, 1.807) is 36.4 Å². The molecular weight excluding hydrogens is 338 g/mol. The monoisotopic (exact) mass is 355 g/mol. The molecule has 0 fully saturated rings. The Balaban J connectivity index is 1.56. The Morgan fingerprint density at radius 1 is 1.11 bits per heavy atom. The van der Waals surface area contributed by atoms with Crippen molar-refractivity contribution in [1.29, 1.82) is 5.26 Å². The molecule has 1 aliphatic heterocycles. The molecule has 27 heavy (non-hydrogen) atoms. The van der Waals surface area contributed by atoms with E-state index < -0.39 is 5.91 Å². The zero-order chi connectivity index (χ0) is 18.8. The number of carbonyl (C=O) groups excluding carboxylic acids is 1. The second-order valence-corrected chi connectivity index (χ2v) is 6.44. The average molecular weight is 355 g/mol. The van der Waals surface area contributed by atoms with Crippen LogP contribution in [-0.2, 0) is 6.42 Å². The van der Waals surface area contributed by atoms with Gasteiger partial charge < -0.3 is 10.2 Å². The molecule has 0 bridgehead atoms. The number of fused-ring (bicyclic) bond motifs is 1. The standard InChI is InChI=1S/C21H17N5O/c1-14-12-15-6-3-5-9-19(15)26(14)20-11-10-18(24-25-20)21(27)23-17-8-4-2-7-16(17)13-22/h2-11,14H,12H2,1H3,(H,23,27). The Labute approximate surface area is 157 Å². The minimum atomic E-state index is -0.397. The molecule has 1 atom stereocenters. The molecule has 132 valence electrons. The summed E-state index contributed by atoms with van der Waals surface area (Å²) in [5.74, 6) is 0.313. The highest BCUT2D eigenvalue weighted by Gasteiger charge is 2.28. The fourth-order valence-corrected chi connectivity index (χ4v) is 3.37. The van der Waals surface area contributed by atoms with Crippen LogP contribution in [0.5, 0.6) is 0 Å². The van der Waals surface area contributed by atoms with Gasteiger partial charge in [0, 0.05) is 11.7 Å². The summed E-state index contributed by atoms with van der Waals surface area (Å²) >= 11 is 0. The molecule has 1 unspecified atom stereocenters. The molecule has 6 nitrogen and oxygen atoms in total. The van der Waals surface area contributed by atoms with E-state index >= 15 is 0 Å². The largest absolute Gasteiger partial charge is 0.321 e. The Bertz CT molecular complexity index is 1040. The molecule has 2 aromatic carbocycles. The first-order valence-corrected chi connectivity index (χ1v) is 8.68. The quantitative estimate of drug-likeness (QED) is 0.775. The molecule has 4 rings (SSSR count). The zero-order valence-corrected chi connectivity index (χ0v) is 14.8. The number of benzene rings is 2. The van der Waals surface area contributed by atoms with E-state index in [2.05, 4.69) is 45.5 Å². The van der Waals surface area contributed by atoms with Crippen molar-refractivity contribution in [1.82, 2.24) is 10.2 Å². The highest BCUT2D eigenvalue weighted by Crippen LogP contribution is 2.36. The van der Waals surface area contributed by atoms with E-state index in [0.29, 0.717) is 17.1 Å². The number of para-hydroxylation sites is 2. The molecule has 0 radical (unpaired) electrons. The van der Waals surface area contributed by atoms with Crippen LogP contribution in [0.2, 0.25) is 0 Å². The number of nitriles is 1. The maximum Gasteiger partial charge on any atom is 0.276 e. The van der Waals surface area contributed by atoms with Crippen molar-refractivity contribution >= 4 is 23.1 Å². The van der Waals surface area contributed by atoms with Gasteiger partial charge in [-0.05, 0) is 49.2 Å². The number of amides is 1. The Hall–Kier alpha value is -3.72. The molecule has 0 saturated heterocycles. The highest BCUT2D eigenvalue weighted by atomic mass is 16.1. The number of aromatic nitrogens is 2. The van der Waals surface area contributed by atoms with Gasteiger partial charge in [-0.2, -0.15) is 5.26 Å². The fourth-order valence-electron chi connectivity index (χ4n) is 3.37. The third-order valence-electron chi connectivity index (χ3n) is 4.63. The summed E-state index contributed by atoms with van der Waals surface area (Å²) in [6.07, 6.45) is 0.949. The summed E-state index contributed by atoms with van der Waals surface area (Å²) in [6.45, 7) is 2.14. The molecular formula is C21H17N5O. The van der Waals surface area contributed by atoms with E-state index in [9.17, 15) is 4.79 Å². The van der Waals surface area contributed by atoms with Gasteiger partial charge in [0.2, 0.25) is 0 Å². The van der Waals surface area contributed by atoms with Gasteiger partial charge in [-0.3, -0.25) is 4.79 Å². The molecule has 1 N–H and O–H groups in total. The van der Waals surface area contributed by atoms with Gasteiger partial charge in [-0.25, -0.2) is 0 Å². The van der Waals surface area contributed by atoms with Gasteiger partial charge >= 0.3 is 0 Å². The topological polar surface area (TPSA) is 81.9 Å². The molecule has 6 heteroatoms. The smallest absolute Gasteiger partial charge is 0.276 e. The Morgan fingerprint density at radius 2 is 1.89 bits per heavy atom. The maximum absolute atomic E-state index is 12.4. The predicted molar refractivity (Wildman–Crippen MR) is 103 cm³/mol. The molecule has 3 aromatic rings. The Kier molecular flexibility index (Phi) is 4.27. The lowest BCUT2D eigenvalue weighted by Gasteiger charge is -2.23. The van der Waals surface area contributed by atoms with Crippen LogP contribution in [-0.4, -0.2) is 22.1 Å². The van der Waals surface area contributed by atoms with Crippen molar-refractivity contribution < 1.29 is 4.79 Å². The number of anilines is 3. The lowest BCUT2D eigenvalue weighted by molar-refractivity contribution is 0.102. The molecule has 0 aliphatic carbocycles. The number of nitrogens with zero attached hydrogens (tertiary/aromatic N) is 4. The van der Waals surface area contributed by atoms with Crippen LogP contribution >= 0.6 is 0 Å². The highest BCUT2D eigenvalue weighted by molar-refractivity contribution is 6.03. The fraction of sp³-hybridized carbons (Fsp3) is 0.143. The van der Waals surface area contributed by atoms with Crippen LogP contribution in [0.4, 0.5) is 17.2 Å². The number of carbonyl (C=O) groups is 1. The number of nitrogens with one attached hydrogen (secondary N) is 1. The third kappa shape index (κ3) is 3.11. The number of rotatable bonds is 3. The first-order chi connectivity index (χ1) is 13.2. The second-order valence-electron chi connectivity index (χ2n) is 6.44. The van der Waals surface area contributed by atoms with E-state index in [0.717, 1.165) is 12.1 Å². The van der Waals surface area contributed by atoms with Crippen molar-refractivity contribution in [3.8, 4) is 6.07 Å². The first-order valence-electron chi connectivity index (χ1n) is 8.68. The molecule has 0 spiro atoms. The van der Waals surface area contributed by atoms with Gasteiger partial charge in [-0.1, -0.05) is 30.3 Å². The molecule has 1 amide bonds. The van der Waals surface area contributed by atoms with Gasteiger partial charge in [0.15, 0.2) is 11.5 Å². The van der Waals surface area contributed by atoms with Crippen LogP contribution in [0, 0.1) is 11.3 Å². The van der Waals surface area contributed by atoms with Crippen molar-refractivity contribution in [3.05, 3.63) is 77.5 Å². The molecule has 1 aromatic heterocycles. The normalized spacial score (nSPS) is 15.1. The van der Waals surface area contributed by atoms with Gasteiger partial charge in [-0.15, -0.1) is 10.2 Å². The lowest BCUT2D eigenvalue weighted by atomic mass is 10.1. The van der Waals surface area contributed by atoms with Crippen LogP contribution in [0.1, 0.15) is 28.5 Å². The second kappa shape index (κ2) is 6.89. The van der Waals surface area contributed by atoms with E-state index in [1.165, 1.54) is 5.56 Å². The van der Waals surface area contributed by atoms with Crippen LogP contribution < -0.4 is 10.2 Å². The summed E-state index contributed by atoms with van der Waals surface area (Å²) in [6, 6.07) is 20.9. The van der Waals surface area contributed by atoms with Gasteiger partial charge in [0.25, 0.3) is 5.91 Å². The van der Waals surface area contributed by atoms with Crippen molar-refractivity contribution in [2.45, 2.75) is 19.4 Å². The number of hydrogen-bond acceptors (Lipinski definition) is 5. The summed E-state index contributed by atoms with van der Waals surface area (Å²) in [7, 11) is 0. The first kappa shape index (κ1) is 16.7. The zero-order valence-electron chi connectivity index (χ0n) is 14.8. The van der Waals surface area contributed by atoms with Crippen molar-refractivity contribution in [2.24, 2.45) is 0 Å². The minimum Gasteiger partial charge on any atom is -0.321 e. The maximum atomic E-state index is 12.4. The van der Waals surface area contributed by atoms with E-state index in [4.69, 9.17) is 5.26 Å². The minimum absolute atomic E-state index is 0.201. The predicted octanol–water partition coefficient (Wildman–Crippen LogP) is 3.68. The van der Waals surface area contributed by atoms with Crippen LogP contribution in [0.3, 0.4) is 0 Å². The summed E-state index contributed by atoms with van der Waals surface area (Å²) in [5.41, 5.74) is 3.46. The van der Waals surface area contributed by atoms with Gasteiger partial charge in [0.05, 0.1) is 11.3 Å². The molecule has 1 aliphatic rings. The van der Waals surface area contributed by atoms with Crippen molar-refractivity contribution in [2.75, 3.05) is 10.2 Å². The van der Waals surface area contributed by atoms with E-state index in [-0.39, 0.29) is 11.7 Å². The van der Waals surface area contributed by atoms with E-state index in [1.807, 2.05) is 12.1 Å². The average Bonchev–Trinajstić information content (AvgIpc) is 3.04. The van der Waals surface area contributed by atoms with Gasteiger partial charge in [0.1, 0.15) is 6.07 Å². The van der Waals surface area contributed by atoms with Crippen molar-refractivity contribution in [3.63, 3.8) is 0 Å². The van der Waals surface area contributed by atoms with Crippen LogP contribution in [0.15, 0.2) is 60.7 Å². The SMILES string of the molecule is CC1Cc2ccccc2N1c1ccc(C(=O)Nc2ccccc2C#N)nn1. The number of hydrogen-bond donors (Lipinski definition) is 1. The summed E-state index contributed by atoms with van der Waals surface area (Å²) in [5, 5.41) is 20.2. The molecule has 2 heterocycles. The summed E-state index contributed by atoms with van der Waals surface area (Å²) in [4.78, 5) is 14.6. The third-order valence-corrected chi connectivity index (χ3v) is 4.63. The molecule has 0 saturated carbocycles.